The van der Waals surface area contributed by atoms with Crippen molar-refractivity contribution >= 4 is 11.7 Å². The van der Waals surface area contributed by atoms with Crippen LogP contribution in [0.15, 0.2) is 41.1 Å². The molecule has 2 N–H and O–H groups in total. The Hall–Kier alpha value is -3.16. The smallest absolute Gasteiger partial charge is 0.294 e. The second kappa shape index (κ2) is 7.22. The third-order valence-corrected chi connectivity index (χ3v) is 4.76. The molecule has 0 unspecified atom stereocenters. The number of phenolic OH excluding ortho intramolecular Hbond substituents is 1. The van der Waals surface area contributed by atoms with Crippen molar-refractivity contribution in [1.82, 2.24) is 14.8 Å². The maximum Gasteiger partial charge on any atom is 0.294 e. The van der Waals surface area contributed by atoms with Gasteiger partial charge in [-0.3, -0.25) is 4.79 Å². The van der Waals surface area contributed by atoms with Crippen LogP contribution in [0, 0.1) is 5.82 Å². The molecule has 1 aliphatic carbocycles. The Labute approximate surface area is 154 Å². The number of benzene rings is 1. The number of oxazole rings is 1. The lowest BCUT2D eigenvalue weighted by Gasteiger charge is -2.23. The van der Waals surface area contributed by atoms with Gasteiger partial charge in [-0.1, -0.05) is 19.3 Å². The Morgan fingerprint density at radius 2 is 2.07 bits per heavy atom. The molecule has 1 amide bonds. The molecule has 8 heteroatoms. The van der Waals surface area contributed by atoms with Crippen molar-refractivity contribution in [2.24, 2.45) is 0 Å². The van der Waals surface area contributed by atoms with Crippen molar-refractivity contribution in [3.63, 3.8) is 0 Å². The topological polar surface area (TPSA) is 93.2 Å². The van der Waals surface area contributed by atoms with Gasteiger partial charge >= 0.3 is 0 Å². The van der Waals surface area contributed by atoms with E-state index in [1.54, 1.807) is 12.3 Å². The molecule has 1 aromatic carbocycles. The fourth-order valence-corrected chi connectivity index (χ4v) is 3.37. The van der Waals surface area contributed by atoms with Gasteiger partial charge in [0.05, 0.1) is 18.4 Å². The minimum absolute atomic E-state index is 0.0187. The molecular weight excluding hydrogens is 351 g/mol. The molecule has 2 heterocycles. The molecule has 140 valence electrons. The highest BCUT2D eigenvalue weighted by molar-refractivity contribution is 6.01. The van der Waals surface area contributed by atoms with Crippen LogP contribution in [0.25, 0.3) is 11.5 Å². The number of phenols is 1. The van der Waals surface area contributed by atoms with Crippen LogP contribution in [0.5, 0.6) is 5.75 Å². The van der Waals surface area contributed by atoms with Crippen LogP contribution in [0.2, 0.25) is 0 Å². The molecule has 0 saturated heterocycles. The zero-order valence-corrected chi connectivity index (χ0v) is 14.6. The largest absolute Gasteiger partial charge is 0.505 e. The molecule has 7 nitrogen and oxygen atoms in total. The van der Waals surface area contributed by atoms with Gasteiger partial charge in [0.25, 0.3) is 5.91 Å². The van der Waals surface area contributed by atoms with Gasteiger partial charge in [-0.05, 0) is 31.0 Å². The van der Waals surface area contributed by atoms with E-state index in [0.29, 0.717) is 11.4 Å². The summed E-state index contributed by atoms with van der Waals surface area (Å²) in [6.07, 6.45) is 8.61. The number of anilines is 1. The van der Waals surface area contributed by atoms with Gasteiger partial charge in [0.2, 0.25) is 11.7 Å². The van der Waals surface area contributed by atoms with Crippen molar-refractivity contribution < 1.29 is 18.7 Å². The van der Waals surface area contributed by atoms with Crippen LogP contribution in [0.1, 0.15) is 48.7 Å². The molecule has 1 fully saturated rings. The van der Waals surface area contributed by atoms with E-state index in [4.69, 9.17) is 4.42 Å². The van der Waals surface area contributed by atoms with Crippen molar-refractivity contribution in [2.45, 2.75) is 38.1 Å². The molecule has 0 aliphatic heterocycles. The first-order valence-electron chi connectivity index (χ1n) is 8.91. The number of aromatic nitrogens is 3. The summed E-state index contributed by atoms with van der Waals surface area (Å²) >= 11 is 0. The van der Waals surface area contributed by atoms with E-state index < -0.39 is 17.5 Å². The Morgan fingerprint density at radius 1 is 1.26 bits per heavy atom. The zero-order chi connectivity index (χ0) is 18.8. The second-order valence-corrected chi connectivity index (χ2v) is 6.60. The monoisotopic (exact) mass is 370 g/mol. The lowest BCUT2D eigenvalue weighted by molar-refractivity contribution is 0.0996. The maximum atomic E-state index is 13.2. The molecular formula is C19H19FN4O3. The first-order chi connectivity index (χ1) is 13.1. The van der Waals surface area contributed by atoms with Gasteiger partial charge in [-0.25, -0.2) is 14.1 Å². The fraction of sp³-hybridized carbons (Fsp3) is 0.316. The summed E-state index contributed by atoms with van der Waals surface area (Å²) < 4.78 is 20.5. The normalized spacial score (nSPS) is 15.0. The van der Waals surface area contributed by atoms with Crippen molar-refractivity contribution in [1.29, 1.82) is 0 Å². The summed E-state index contributed by atoms with van der Waals surface area (Å²) in [6, 6.07) is 5.76. The number of nitrogens with zero attached hydrogens (tertiary/aromatic N) is 3. The molecule has 0 spiro atoms. The number of rotatable bonds is 4. The highest BCUT2D eigenvalue weighted by atomic mass is 19.1. The van der Waals surface area contributed by atoms with Crippen molar-refractivity contribution in [2.75, 3.05) is 5.32 Å². The quantitative estimate of drug-likeness (QED) is 0.720. The molecule has 2 aromatic heterocycles. The van der Waals surface area contributed by atoms with E-state index in [2.05, 4.69) is 15.4 Å². The van der Waals surface area contributed by atoms with Crippen LogP contribution < -0.4 is 5.32 Å². The Balaban J connectivity index is 1.50. The van der Waals surface area contributed by atoms with Gasteiger partial charge in [0, 0.05) is 11.6 Å². The minimum atomic E-state index is -0.737. The van der Waals surface area contributed by atoms with E-state index in [0.717, 1.165) is 31.7 Å². The van der Waals surface area contributed by atoms with Crippen molar-refractivity contribution in [3.05, 3.63) is 48.2 Å². The van der Waals surface area contributed by atoms with E-state index in [1.807, 2.05) is 4.68 Å². The minimum Gasteiger partial charge on any atom is -0.505 e. The van der Waals surface area contributed by atoms with E-state index in [1.165, 1.54) is 24.8 Å². The molecule has 3 aromatic rings. The zero-order valence-electron chi connectivity index (χ0n) is 14.6. The third-order valence-electron chi connectivity index (χ3n) is 4.76. The number of hydrogen-bond acceptors (Lipinski definition) is 5. The first-order valence-corrected chi connectivity index (χ1v) is 8.91. The number of nitrogens with one attached hydrogen (secondary N) is 1. The lowest BCUT2D eigenvalue weighted by atomic mass is 9.96. The van der Waals surface area contributed by atoms with Crippen LogP contribution in [0.4, 0.5) is 10.2 Å². The van der Waals surface area contributed by atoms with Gasteiger partial charge in [0.1, 0.15) is 5.82 Å². The van der Waals surface area contributed by atoms with Gasteiger partial charge < -0.3 is 14.8 Å². The Bertz CT molecular complexity index is 960. The predicted molar refractivity (Wildman–Crippen MR) is 95.9 cm³/mol. The summed E-state index contributed by atoms with van der Waals surface area (Å²) in [5, 5.41) is 16.6. The standard InChI is InChI=1S/C19H19FN4O3/c20-14-7-6-12(10-15(14)25)19-21-11-16(27-19)18(26)23-17-8-9-22-24(17)13-4-2-1-3-5-13/h6-11,13,25H,1-5H2,(H,23,26). The summed E-state index contributed by atoms with van der Waals surface area (Å²) in [5.74, 6) is -0.935. The third kappa shape index (κ3) is 3.55. The predicted octanol–water partition coefficient (Wildman–Crippen LogP) is 4.14. The summed E-state index contributed by atoms with van der Waals surface area (Å²) in [4.78, 5) is 16.6. The summed E-state index contributed by atoms with van der Waals surface area (Å²) in [6.45, 7) is 0. The molecule has 1 saturated carbocycles. The van der Waals surface area contributed by atoms with Gasteiger partial charge in [-0.15, -0.1) is 0 Å². The number of carbonyl (C=O) groups excluding carboxylic acids is 1. The number of carbonyl (C=O) groups is 1. The van der Waals surface area contributed by atoms with E-state index in [9.17, 15) is 14.3 Å². The van der Waals surface area contributed by atoms with Gasteiger partial charge in [0.15, 0.2) is 11.6 Å². The molecule has 0 bridgehead atoms. The van der Waals surface area contributed by atoms with Gasteiger partial charge in [-0.2, -0.15) is 5.10 Å². The van der Waals surface area contributed by atoms with Crippen molar-refractivity contribution in [3.8, 4) is 17.2 Å². The molecule has 0 radical (unpaired) electrons. The number of aromatic hydroxyl groups is 1. The molecule has 0 atom stereocenters. The van der Waals surface area contributed by atoms with Crippen LogP contribution >= 0.6 is 0 Å². The summed E-state index contributed by atoms with van der Waals surface area (Å²) in [7, 11) is 0. The highest BCUT2D eigenvalue weighted by Gasteiger charge is 2.21. The van der Waals surface area contributed by atoms with Crippen LogP contribution in [-0.4, -0.2) is 25.8 Å². The molecule has 1 aliphatic rings. The van der Waals surface area contributed by atoms with Crippen LogP contribution in [-0.2, 0) is 0 Å². The number of hydrogen-bond donors (Lipinski definition) is 2. The molecule has 27 heavy (non-hydrogen) atoms. The van der Waals surface area contributed by atoms with E-state index in [-0.39, 0.29) is 17.7 Å². The number of halogens is 1. The Kier molecular flexibility index (Phi) is 4.62. The number of amides is 1. The van der Waals surface area contributed by atoms with Crippen LogP contribution in [0.3, 0.4) is 0 Å². The average Bonchev–Trinajstić information content (AvgIpc) is 3.34. The SMILES string of the molecule is O=C(Nc1ccnn1C1CCCCC1)c1cnc(-c2ccc(F)c(O)c2)o1. The average molecular weight is 370 g/mol. The van der Waals surface area contributed by atoms with E-state index >= 15 is 0 Å². The maximum absolute atomic E-state index is 13.2. The summed E-state index contributed by atoms with van der Waals surface area (Å²) in [5.41, 5.74) is 0.375. The lowest BCUT2D eigenvalue weighted by Crippen LogP contribution is -2.20. The first kappa shape index (κ1) is 17.3. The molecule has 4 rings (SSSR count). The Morgan fingerprint density at radius 3 is 2.85 bits per heavy atom. The second-order valence-electron chi connectivity index (χ2n) is 6.60. The fourth-order valence-electron chi connectivity index (χ4n) is 3.37. The highest BCUT2D eigenvalue weighted by Crippen LogP contribution is 2.30.